The Morgan fingerprint density at radius 3 is 2.41 bits per heavy atom. The number of ether oxygens (including phenoxy) is 1. The van der Waals surface area contributed by atoms with Gasteiger partial charge in [0, 0.05) is 5.39 Å². The number of amides is 2. The van der Waals surface area contributed by atoms with Gasteiger partial charge in [-0.3, -0.25) is 9.59 Å². The van der Waals surface area contributed by atoms with E-state index in [-0.39, 0.29) is 11.6 Å². The minimum atomic E-state index is -2.15. The molecule has 2 aromatic rings. The SMILES string of the molecule is Cc1oc2ccc(OCC3CCCC3)cc2c1C(=O)NC(C)(CO[Si](C)(C)C(C)(C)C)C(N)=O. The zero-order chi connectivity index (χ0) is 25.3. The van der Waals surface area contributed by atoms with E-state index in [1.165, 1.54) is 25.7 Å². The number of primary amides is 1. The topological polar surface area (TPSA) is 104 Å². The van der Waals surface area contributed by atoms with Gasteiger partial charge in [-0.05, 0) is 68.9 Å². The summed E-state index contributed by atoms with van der Waals surface area (Å²) in [6.07, 6.45) is 4.92. The molecule has 1 saturated carbocycles. The van der Waals surface area contributed by atoms with Crippen LogP contribution in [0.15, 0.2) is 22.6 Å². The van der Waals surface area contributed by atoms with E-state index in [1.807, 2.05) is 18.2 Å². The van der Waals surface area contributed by atoms with Crippen molar-refractivity contribution in [2.75, 3.05) is 13.2 Å². The molecule has 1 aliphatic carbocycles. The summed E-state index contributed by atoms with van der Waals surface area (Å²) in [5, 5.41) is 3.44. The highest BCUT2D eigenvalue weighted by Crippen LogP contribution is 2.37. The van der Waals surface area contributed by atoms with Crippen LogP contribution in [0.1, 0.15) is 69.5 Å². The number of nitrogens with two attached hydrogens (primary N) is 1. The first kappa shape index (κ1) is 26.3. The molecule has 1 aliphatic rings. The average Bonchev–Trinajstić information content (AvgIpc) is 3.36. The number of hydrogen-bond donors (Lipinski definition) is 2. The number of carbonyl (C=O) groups excluding carboxylic acids is 2. The van der Waals surface area contributed by atoms with Crippen LogP contribution in [0.3, 0.4) is 0 Å². The van der Waals surface area contributed by atoms with Gasteiger partial charge in [-0.2, -0.15) is 0 Å². The zero-order valence-corrected chi connectivity index (χ0v) is 22.7. The number of nitrogens with one attached hydrogen (secondary N) is 1. The molecular formula is C26H40N2O5Si. The summed E-state index contributed by atoms with van der Waals surface area (Å²) in [4.78, 5) is 25.8. The normalized spacial score (nSPS) is 17.0. The summed E-state index contributed by atoms with van der Waals surface area (Å²) < 4.78 is 18.1. The van der Waals surface area contributed by atoms with Crippen molar-refractivity contribution in [1.82, 2.24) is 5.32 Å². The molecule has 7 nitrogen and oxygen atoms in total. The summed E-state index contributed by atoms with van der Waals surface area (Å²) in [5.41, 5.74) is 5.33. The number of hydrogen-bond acceptors (Lipinski definition) is 5. The number of aryl methyl sites for hydroxylation is 1. The van der Waals surface area contributed by atoms with E-state index < -0.39 is 25.7 Å². The fourth-order valence-electron chi connectivity index (χ4n) is 3.99. The van der Waals surface area contributed by atoms with Crippen molar-refractivity contribution in [2.24, 2.45) is 11.7 Å². The van der Waals surface area contributed by atoms with Gasteiger partial charge >= 0.3 is 0 Å². The molecular weight excluding hydrogens is 448 g/mol. The molecule has 1 heterocycles. The summed E-state index contributed by atoms with van der Waals surface area (Å²) in [6.45, 7) is 14.6. The van der Waals surface area contributed by atoms with Gasteiger partial charge in [-0.1, -0.05) is 33.6 Å². The monoisotopic (exact) mass is 488 g/mol. The predicted octanol–water partition coefficient (Wildman–Crippen LogP) is 5.31. The van der Waals surface area contributed by atoms with Gasteiger partial charge in [0.15, 0.2) is 8.32 Å². The minimum absolute atomic E-state index is 0.00907. The average molecular weight is 489 g/mol. The minimum Gasteiger partial charge on any atom is -0.493 e. The number of carbonyl (C=O) groups is 2. The molecule has 188 valence electrons. The Hall–Kier alpha value is -2.32. The van der Waals surface area contributed by atoms with E-state index in [0.717, 1.165) is 0 Å². The zero-order valence-electron chi connectivity index (χ0n) is 21.7. The number of rotatable bonds is 9. The van der Waals surface area contributed by atoms with E-state index in [9.17, 15) is 9.59 Å². The van der Waals surface area contributed by atoms with Crippen LogP contribution in [0, 0.1) is 12.8 Å². The van der Waals surface area contributed by atoms with Crippen molar-refractivity contribution >= 4 is 31.1 Å². The highest BCUT2D eigenvalue weighted by molar-refractivity contribution is 6.74. The Morgan fingerprint density at radius 1 is 1.18 bits per heavy atom. The van der Waals surface area contributed by atoms with Gasteiger partial charge in [-0.25, -0.2) is 0 Å². The third-order valence-electron chi connectivity index (χ3n) is 7.48. The van der Waals surface area contributed by atoms with Crippen LogP contribution in [0.5, 0.6) is 5.75 Å². The van der Waals surface area contributed by atoms with Crippen LogP contribution in [-0.4, -0.2) is 38.9 Å². The molecule has 0 aliphatic heterocycles. The summed E-state index contributed by atoms with van der Waals surface area (Å²) in [5.74, 6) is 0.683. The van der Waals surface area contributed by atoms with Crippen molar-refractivity contribution < 1.29 is 23.2 Å². The maximum absolute atomic E-state index is 13.4. The number of fused-ring (bicyclic) bond motifs is 1. The van der Waals surface area contributed by atoms with Gasteiger partial charge in [0.2, 0.25) is 5.91 Å². The van der Waals surface area contributed by atoms with Crippen LogP contribution in [0.25, 0.3) is 11.0 Å². The molecule has 0 bridgehead atoms. The van der Waals surface area contributed by atoms with Crippen LogP contribution in [0.2, 0.25) is 18.1 Å². The fraction of sp³-hybridized carbons (Fsp3) is 0.615. The molecule has 8 heteroatoms. The highest BCUT2D eigenvalue weighted by atomic mass is 28.4. The molecule has 1 aromatic heterocycles. The van der Waals surface area contributed by atoms with Crippen molar-refractivity contribution in [3.63, 3.8) is 0 Å². The quantitative estimate of drug-likeness (QED) is 0.466. The molecule has 34 heavy (non-hydrogen) atoms. The van der Waals surface area contributed by atoms with Crippen molar-refractivity contribution in [2.45, 2.75) is 84.0 Å². The summed E-state index contributed by atoms with van der Waals surface area (Å²) in [7, 11) is -2.15. The van der Waals surface area contributed by atoms with E-state index in [1.54, 1.807) is 13.8 Å². The van der Waals surface area contributed by atoms with Gasteiger partial charge < -0.3 is 24.6 Å². The van der Waals surface area contributed by atoms with Crippen LogP contribution >= 0.6 is 0 Å². The van der Waals surface area contributed by atoms with E-state index >= 15 is 0 Å². The van der Waals surface area contributed by atoms with Crippen LogP contribution < -0.4 is 15.8 Å². The molecule has 2 amide bonds. The second-order valence-corrected chi connectivity index (χ2v) is 16.2. The Morgan fingerprint density at radius 2 is 1.82 bits per heavy atom. The van der Waals surface area contributed by atoms with E-state index in [0.29, 0.717) is 40.6 Å². The summed E-state index contributed by atoms with van der Waals surface area (Å²) >= 11 is 0. The van der Waals surface area contributed by atoms with Crippen molar-refractivity contribution in [3.05, 3.63) is 29.5 Å². The molecule has 0 radical (unpaired) electrons. The van der Waals surface area contributed by atoms with E-state index in [4.69, 9.17) is 19.3 Å². The lowest BCUT2D eigenvalue weighted by Crippen LogP contribution is -2.60. The Labute approximate surface area is 203 Å². The molecule has 1 aromatic carbocycles. The van der Waals surface area contributed by atoms with Gasteiger partial charge in [0.05, 0.1) is 18.8 Å². The Kier molecular flexibility index (Phi) is 7.53. The Balaban J connectivity index is 1.81. The first-order valence-electron chi connectivity index (χ1n) is 12.2. The van der Waals surface area contributed by atoms with Gasteiger partial charge in [0.1, 0.15) is 22.6 Å². The molecule has 0 saturated heterocycles. The second-order valence-electron chi connectivity index (χ2n) is 11.4. The number of benzene rings is 1. The largest absolute Gasteiger partial charge is 0.493 e. The van der Waals surface area contributed by atoms with E-state index in [2.05, 4.69) is 39.2 Å². The maximum atomic E-state index is 13.4. The smallest absolute Gasteiger partial charge is 0.256 e. The van der Waals surface area contributed by atoms with Gasteiger partial charge in [-0.15, -0.1) is 0 Å². The standard InChI is InChI=1S/C26H40N2O5Si/c1-17-22(20-14-19(12-13-21(20)33-17)31-15-18-10-8-9-11-18)23(29)28-26(5,24(27)30)16-32-34(6,7)25(2,3)4/h12-14,18H,8-11,15-16H2,1-7H3,(H2,27,30)(H,28,29). The maximum Gasteiger partial charge on any atom is 0.256 e. The molecule has 3 N–H and O–H groups in total. The van der Waals surface area contributed by atoms with Crippen LogP contribution in [0.4, 0.5) is 0 Å². The second kappa shape index (κ2) is 9.74. The Bertz CT molecular complexity index is 1050. The first-order chi connectivity index (χ1) is 15.7. The molecule has 1 fully saturated rings. The fourth-order valence-corrected chi connectivity index (χ4v) is 5.07. The lowest BCUT2D eigenvalue weighted by molar-refractivity contribution is -0.124. The number of furan rings is 1. The van der Waals surface area contributed by atoms with Crippen molar-refractivity contribution in [3.8, 4) is 5.75 Å². The lowest BCUT2D eigenvalue weighted by atomic mass is 10.0. The molecule has 3 rings (SSSR count). The lowest BCUT2D eigenvalue weighted by Gasteiger charge is -2.39. The van der Waals surface area contributed by atoms with Crippen LogP contribution in [-0.2, 0) is 9.22 Å². The molecule has 1 atom stereocenters. The highest BCUT2D eigenvalue weighted by Gasteiger charge is 2.42. The summed E-state index contributed by atoms with van der Waals surface area (Å²) in [6, 6.07) is 5.52. The molecule has 1 unspecified atom stereocenters. The van der Waals surface area contributed by atoms with Gasteiger partial charge in [0.25, 0.3) is 5.91 Å². The molecule has 0 spiro atoms. The first-order valence-corrected chi connectivity index (χ1v) is 15.1. The third kappa shape index (κ3) is 5.66. The van der Waals surface area contributed by atoms with Crippen molar-refractivity contribution in [1.29, 1.82) is 0 Å². The predicted molar refractivity (Wildman–Crippen MR) is 137 cm³/mol. The third-order valence-corrected chi connectivity index (χ3v) is 12.0.